The van der Waals surface area contributed by atoms with E-state index >= 15 is 0 Å². The molecule has 26 heavy (non-hydrogen) atoms. The molecule has 7 heteroatoms. The fourth-order valence-electron chi connectivity index (χ4n) is 2.57. The van der Waals surface area contributed by atoms with Crippen LogP contribution in [0.2, 0.25) is 0 Å². The van der Waals surface area contributed by atoms with Gasteiger partial charge in [0.1, 0.15) is 5.76 Å². The highest BCUT2D eigenvalue weighted by atomic mass is 16.5. The van der Waals surface area contributed by atoms with E-state index in [4.69, 9.17) is 9.26 Å². The molecule has 2 heterocycles. The van der Waals surface area contributed by atoms with Crippen molar-refractivity contribution >= 4 is 28.6 Å². The number of hydrogen-bond acceptors (Lipinski definition) is 6. The van der Waals surface area contributed by atoms with Gasteiger partial charge in [-0.25, -0.2) is 4.79 Å². The first kappa shape index (κ1) is 17.6. The molecule has 0 bridgehead atoms. The maximum Gasteiger partial charge on any atom is 0.339 e. The summed E-state index contributed by atoms with van der Waals surface area (Å²) < 4.78 is 10.2. The summed E-state index contributed by atoms with van der Waals surface area (Å²) in [7, 11) is 0. The summed E-state index contributed by atoms with van der Waals surface area (Å²) >= 11 is 0. The molecule has 0 aliphatic rings. The van der Waals surface area contributed by atoms with Crippen LogP contribution in [-0.2, 0) is 9.53 Å². The average molecular weight is 353 g/mol. The van der Waals surface area contributed by atoms with Gasteiger partial charge in [0.25, 0.3) is 5.91 Å². The lowest BCUT2D eigenvalue weighted by molar-refractivity contribution is -0.123. The Morgan fingerprint density at radius 2 is 1.92 bits per heavy atom. The Morgan fingerprint density at radius 3 is 2.62 bits per heavy atom. The third-order valence-electron chi connectivity index (χ3n) is 3.84. The van der Waals surface area contributed by atoms with Crippen molar-refractivity contribution in [3.8, 4) is 0 Å². The number of aromatic nitrogens is 2. The van der Waals surface area contributed by atoms with Gasteiger partial charge < -0.3 is 14.6 Å². The number of ether oxygens (including phenoxy) is 1. The molecule has 7 nitrogen and oxygen atoms in total. The number of pyridine rings is 1. The minimum absolute atomic E-state index is 0.274. The number of carbonyl (C=O) groups is 2. The number of fused-ring (bicyclic) bond motifs is 1. The molecular formula is C19H19N3O4. The van der Waals surface area contributed by atoms with Gasteiger partial charge in [0, 0.05) is 17.1 Å². The molecule has 1 N–H and O–H groups in total. The van der Waals surface area contributed by atoms with Crippen LogP contribution < -0.4 is 5.32 Å². The van der Waals surface area contributed by atoms with Crippen molar-refractivity contribution in [3.63, 3.8) is 0 Å². The van der Waals surface area contributed by atoms with Gasteiger partial charge in [0.05, 0.1) is 11.1 Å². The minimum Gasteiger partial charge on any atom is -0.449 e. The van der Waals surface area contributed by atoms with Gasteiger partial charge in [-0.2, -0.15) is 0 Å². The topological polar surface area (TPSA) is 94.3 Å². The summed E-state index contributed by atoms with van der Waals surface area (Å²) in [6.07, 6.45) is -0.993. The lowest BCUT2D eigenvalue weighted by Crippen LogP contribution is -2.30. The van der Waals surface area contributed by atoms with Crippen molar-refractivity contribution in [2.24, 2.45) is 0 Å². The number of hydrogen-bond donors (Lipinski definition) is 1. The lowest BCUT2D eigenvalue weighted by atomic mass is 10.1. The van der Waals surface area contributed by atoms with Crippen molar-refractivity contribution in [2.45, 2.75) is 33.8 Å². The second-order valence-corrected chi connectivity index (χ2v) is 6.19. The molecular weight excluding hydrogens is 334 g/mol. The minimum atomic E-state index is -0.993. The molecule has 1 atom stereocenters. The monoisotopic (exact) mass is 353 g/mol. The number of nitrogens with zero attached hydrogens (tertiary/aromatic N) is 2. The third kappa shape index (κ3) is 3.72. The highest BCUT2D eigenvalue weighted by molar-refractivity contribution is 6.05. The van der Waals surface area contributed by atoms with E-state index in [1.165, 1.54) is 6.92 Å². The number of esters is 1. The van der Waals surface area contributed by atoms with Crippen LogP contribution in [0, 0.1) is 20.8 Å². The highest BCUT2D eigenvalue weighted by Crippen LogP contribution is 2.21. The first-order chi connectivity index (χ1) is 12.3. The van der Waals surface area contributed by atoms with Gasteiger partial charge in [0.2, 0.25) is 0 Å². The molecule has 0 unspecified atom stereocenters. The van der Waals surface area contributed by atoms with Crippen LogP contribution in [0.1, 0.15) is 34.3 Å². The smallest absolute Gasteiger partial charge is 0.339 e. The first-order valence-electron chi connectivity index (χ1n) is 8.16. The van der Waals surface area contributed by atoms with Gasteiger partial charge in [-0.05, 0) is 45.9 Å². The van der Waals surface area contributed by atoms with E-state index in [-0.39, 0.29) is 5.82 Å². The molecule has 0 saturated heterocycles. The zero-order chi connectivity index (χ0) is 18.8. The predicted octanol–water partition coefficient (Wildman–Crippen LogP) is 3.33. The van der Waals surface area contributed by atoms with Gasteiger partial charge in [-0.1, -0.05) is 16.8 Å². The van der Waals surface area contributed by atoms with E-state index in [0.29, 0.717) is 27.9 Å². The highest BCUT2D eigenvalue weighted by Gasteiger charge is 2.22. The van der Waals surface area contributed by atoms with Crippen molar-refractivity contribution in [3.05, 3.63) is 52.9 Å². The van der Waals surface area contributed by atoms with E-state index in [2.05, 4.69) is 15.5 Å². The maximum absolute atomic E-state index is 12.6. The molecule has 134 valence electrons. The van der Waals surface area contributed by atoms with Crippen molar-refractivity contribution in [1.82, 2.24) is 10.1 Å². The number of carbonyl (C=O) groups excluding carboxylic acids is 2. The molecule has 3 rings (SSSR count). The fraction of sp³-hybridized carbons (Fsp3) is 0.263. The Kier molecular flexibility index (Phi) is 4.71. The molecule has 2 aromatic heterocycles. The summed E-state index contributed by atoms with van der Waals surface area (Å²) in [6.45, 7) is 6.95. The van der Waals surface area contributed by atoms with E-state index < -0.39 is 18.0 Å². The van der Waals surface area contributed by atoms with Crippen LogP contribution in [0.3, 0.4) is 0 Å². The van der Waals surface area contributed by atoms with Gasteiger partial charge in [0.15, 0.2) is 11.9 Å². The number of amides is 1. The van der Waals surface area contributed by atoms with Gasteiger partial charge >= 0.3 is 5.97 Å². The largest absolute Gasteiger partial charge is 0.449 e. The molecule has 0 aliphatic carbocycles. The normalized spacial score (nSPS) is 12.0. The van der Waals surface area contributed by atoms with Crippen LogP contribution in [0.5, 0.6) is 0 Å². The number of aryl methyl sites for hydroxylation is 3. The fourth-order valence-corrected chi connectivity index (χ4v) is 2.57. The van der Waals surface area contributed by atoms with Crippen molar-refractivity contribution in [1.29, 1.82) is 0 Å². The Balaban J connectivity index is 1.80. The van der Waals surface area contributed by atoms with E-state index in [9.17, 15) is 9.59 Å². The zero-order valence-electron chi connectivity index (χ0n) is 15.0. The van der Waals surface area contributed by atoms with Crippen LogP contribution in [0.15, 0.2) is 34.9 Å². The summed E-state index contributed by atoms with van der Waals surface area (Å²) in [5.41, 5.74) is 2.79. The second-order valence-electron chi connectivity index (χ2n) is 6.19. The molecule has 3 aromatic rings. The standard InChI is InChI=1S/C19H19N3O4/c1-10-5-6-16-14(7-10)15(8-11(2)20-16)19(24)25-13(4)18(23)21-17-9-12(3)26-22-17/h5-9,13H,1-4H3,(H,21,22,23)/t13-/m1/s1. The molecule has 0 radical (unpaired) electrons. The summed E-state index contributed by atoms with van der Waals surface area (Å²) in [4.78, 5) is 29.2. The molecule has 0 saturated carbocycles. The van der Waals surface area contributed by atoms with Crippen molar-refractivity contribution < 1.29 is 18.8 Å². The van der Waals surface area contributed by atoms with Gasteiger partial charge in [-0.15, -0.1) is 0 Å². The van der Waals surface area contributed by atoms with Crippen LogP contribution in [0.4, 0.5) is 5.82 Å². The number of nitrogens with one attached hydrogen (secondary N) is 1. The zero-order valence-corrected chi connectivity index (χ0v) is 15.0. The maximum atomic E-state index is 12.6. The Hall–Kier alpha value is -3.22. The average Bonchev–Trinajstić information content (AvgIpc) is 2.99. The van der Waals surface area contributed by atoms with E-state index in [1.54, 1.807) is 26.0 Å². The SMILES string of the molecule is Cc1ccc2nc(C)cc(C(=O)O[C@H](C)C(=O)Nc3cc(C)on3)c2c1. The number of rotatable bonds is 4. The van der Waals surface area contributed by atoms with E-state index in [0.717, 1.165) is 5.56 Å². The second kappa shape index (κ2) is 6.95. The quantitative estimate of drug-likeness (QED) is 0.723. The van der Waals surface area contributed by atoms with Gasteiger partial charge in [-0.3, -0.25) is 9.78 Å². The first-order valence-corrected chi connectivity index (χ1v) is 8.16. The summed E-state index contributed by atoms with van der Waals surface area (Å²) in [5, 5.41) is 6.92. The Morgan fingerprint density at radius 1 is 1.15 bits per heavy atom. The lowest BCUT2D eigenvalue weighted by Gasteiger charge is -2.14. The van der Waals surface area contributed by atoms with E-state index in [1.807, 2.05) is 25.1 Å². The van der Waals surface area contributed by atoms with Crippen LogP contribution >= 0.6 is 0 Å². The molecule has 1 aromatic carbocycles. The Bertz CT molecular complexity index is 994. The van der Waals surface area contributed by atoms with Crippen molar-refractivity contribution in [2.75, 3.05) is 5.32 Å². The summed E-state index contributed by atoms with van der Waals surface area (Å²) in [5.74, 6) is -0.224. The molecule has 0 fully saturated rings. The Labute approximate surface area is 150 Å². The molecule has 1 amide bonds. The third-order valence-corrected chi connectivity index (χ3v) is 3.84. The molecule has 0 spiro atoms. The van der Waals surface area contributed by atoms with Crippen LogP contribution in [0.25, 0.3) is 10.9 Å². The summed E-state index contributed by atoms with van der Waals surface area (Å²) in [6, 6.07) is 8.91. The number of anilines is 1. The predicted molar refractivity (Wildman–Crippen MR) is 96.0 cm³/mol. The van der Waals surface area contributed by atoms with Crippen LogP contribution in [-0.4, -0.2) is 28.1 Å². The number of benzene rings is 1. The molecule has 0 aliphatic heterocycles.